The van der Waals surface area contributed by atoms with E-state index < -0.39 is 11.2 Å². The summed E-state index contributed by atoms with van der Waals surface area (Å²) in [6.07, 6.45) is 2.99. The van der Waals surface area contributed by atoms with Crippen LogP contribution < -0.4 is 0 Å². The average Bonchev–Trinajstić information content (AvgIpc) is 2.24. The number of hydroxylamine groups is 2. The third-order valence-corrected chi connectivity index (χ3v) is 3.59. The highest BCUT2D eigenvalue weighted by Gasteiger charge is 2.36. The molecule has 0 fully saturated rings. The van der Waals surface area contributed by atoms with Crippen LogP contribution in [0, 0.1) is 0 Å². The number of rotatable bonds is 5. The lowest BCUT2D eigenvalue weighted by Gasteiger charge is -2.38. The van der Waals surface area contributed by atoms with Gasteiger partial charge in [0.15, 0.2) is 0 Å². The molecule has 20 heavy (non-hydrogen) atoms. The summed E-state index contributed by atoms with van der Waals surface area (Å²) in [5, 5.41) is 12.0. The van der Waals surface area contributed by atoms with Gasteiger partial charge in [-0.3, -0.25) is 4.84 Å². The van der Waals surface area contributed by atoms with Crippen molar-refractivity contribution < 1.29 is 14.6 Å². The Labute approximate surface area is 124 Å². The number of hydrogen-bond donors (Lipinski definition) is 1. The highest BCUT2D eigenvalue weighted by atomic mass is 16.7. The molecule has 1 N–H and O–H groups in total. The molecule has 115 valence electrons. The van der Waals surface area contributed by atoms with Gasteiger partial charge in [-0.15, -0.1) is 0 Å². The fourth-order valence-electron chi connectivity index (χ4n) is 1.61. The van der Waals surface area contributed by atoms with Crippen molar-refractivity contribution in [3.63, 3.8) is 0 Å². The Morgan fingerprint density at radius 3 is 2.15 bits per heavy atom. The van der Waals surface area contributed by atoms with Gasteiger partial charge in [0.25, 0.3) is 0 Å². The average molecular weight is 282 g/mol. The van der Waals surface area contributed by atoms with E-state index in [1.807, 2.05) is 39.7 Å². The van der Waals surface area contributed by atoms with Crippen LogP contribution >= 0.6 is 0 Å². The van der Waals surface area contributed by atoms with Gasteiger partial charge in [-0.2, -0.15) is 5.06 Å². The largest absolute Gasteiger partial charge is 0.427 e. The SMILES string of the molecule is CC(C)(C)ON1CC=C([B]OC(C)(C)C(C)(C)O)CC1. The maximum atomic E-state index is 10.1. The fourth-order valence-corrected chi connectivity index (χ4v) is 1.61. The quantitative estimate of drug-likeness (QED) is 0.787. The van der Waals surface area contributed by atoms with Gasteiger partial charge in [0.05, 0.1) is 16.8 Å². The molecule has 1 aliphatic heterocycles. The first-order valence-corrected chi connectivity index (χ1v) is 7.27. The Balaban J connectivity index is 2.45. The first-order chi connectivity index (χ1) is 8.91. The summed E-state index contributed by atoms with van der Waals surface area (Å²) in [4.78, 5) is 5.82. The van der Waals surface area contributed by atoms with E-state index in [1.165, 1.54) is 0 Å². The van der Waals surface area contributed by atoms with Crippen LogP contribution in [0.15, 0.2) is 11.5 Å². The zero-order chi connectivity index (χ0) is 15.6. The third-order valence-electron chi connectivity index (χ3n) is 3.59. The molecule has 5 heteroatoms. The molecule has 1 rings (SSSR count). The Morgan fingerprint density at radius 1 is 1.15 bits per heavy atom. The van der Waals surface area contributed by atoms with E-state index in [-0.39, 0.29) is 5.60 Å². The smallest absolute Gasteiger partial charge is 0.326 e. The van der Waals surface area contributed by atoms with E-state index in [1.54, 1.807) is 21.3 Å². The molecule has 0 bridgehead atoms. The summed E-state index contributed by atoms with van der Waals surface area (Å²) < 4.78 is 5.77. The van der Waals surface area contributed by atoms with Gasteiger partial charge in [0.1, 0.15) is 0 Å². The van der Waals surface area contributed by atoms with E-state index in [0.29, 0.717) is 0 Å². The minimum Gasteiger partial charge on any atom is -0.427 e. The van der Waals surface area contributed by atoms with Crippen molar-refractivity contribution in [1.82, 2.24) is 5.06 Å². The molecule has 0 aromatic heterocycles. The first kappa shape index (κ1) is 17.7. The van der Waals surface area contributed by atoms with Gasteiger partial charge in [-0.05, 0) is 54.9 Å². The zero-order valence-corrected chi connectivity index (χ0v) is 14.0. The van der Waals surface area contributed by atoms with Crippen LogP contribution in [-0.4, -0.2) is 47.5 Å². The second-order valence-corrected chi connectivity index (χ2v) is 7.43. The van der Waals surface area contributed by atoms with Crippen molar-refractivity contribution in [3.8, 4) is 0 Å². The molecular weight excluding hydrogens is 253 g/mol. The second-order valence-electron chi connectivity index (χ2n) is 7.43. The minimum absolute atomic E-state index is 0.158. The third kappa shape index (κ3) is 5.56. The molecule has 1 radical (unpaired) electrons. The molecule has 1 heterocycles. The first-order valence-electron chi connectivity index (χ1n) is 7.27. The van der Waals surface area contributed by atoms with E-state index in [0.717, 1.165) is 25.0 Å². The molecule has 0 spiro atoms. The van der Waals surface area contributed by atoms with E-state index in [2.05, 4.69) is 6.08 Å². The Kier molecular flexibility index (Phi) is 5.47. The van der Waals surface area contributed by atoms with Crippen molar-refractivity contribution in [2.45, 2.75) is 71.7 Å². The topological polar surface area (TPSA) is 41.9 Å². The highest BCUT2D eigenvalue weighted by Crippen LogP contribution is 2.25. The highest BCUT2D eigenvalue weighted by molar-refractivity contribution is 6.38. The van der Waals surface area contributed by atoms with Gasteiger partial charge in [-0.1, -0.05) is 11.5 Å². The molecule has 4 nitrogen and oxygen atoms in total. The van der Waals surface area contributed by atoms with Crippen LogP contribution in [0.1, 0.15) is 54.9 Å². The lowest BCUT2D eigenvalue weighted by molar-refractivity contribution is -0.224. The van der Waals surface area contributed by atoms with E-state index >= 15 is 0 Å². The minimum atomic E-state index is -0.889. The normalized spacial score (nSPS) is 18.9. The van der Waals surface area contributed by atoms with Gasteiger partial charge in [0, 0.05) is 13.1 Å². The summed E-state index contributed by atoms with van der Waals surface area (Å²) in [5.74, 6) is 0. The lowest BCUT2D eigenvalue weighted by Crippen LogP contribution is -2.48. The fraction of sp³-hybridized carbons (Fsp3) is 0.867. The van der Waals surface area contributed by atoms with Crippen molar-refractivity contribution in [2.75, 3.05) is 13.1 Å². The van der Waals surface area contributed by atoms with E-state index in [9.17, 15) is 5.11 Å². The molecular formula is C15H29BNO3. The maximum Gasteiger partial charge on any atom is 0.326 e. The maximum absolute atomic E-state index is 10.1. The van der Waals surface area contributed by atoms with Crippen LogP contribution in [-0.2, 0) is 9.49 Å². The lowest BCUT2D eigenvalue weighted by atomic mass is 9.79. The molecule has 0 aromatic carbocycles. The molecule has 0 unspecified atom stereocenters. The van der Waals surface area contributed by atoms with Gasteiger partial charge >= 0.3 is 7.48 Å². The van der Waals surface area contributed by atoms with Crippen molar-refractivity contribution in [1.29, 1.82) is 0 Å². The molecule has 0 aromatic rings. The van der Waals surface area contributed by atoms with Crippen LogP contribution in [0.4, 0.5) is 0 Å². The molecule has 1 aliphatic rings. The molecule has 0 atom stereocenters. The van der Waals surface area contributed by atoms with Crippen molar-refractivity contribution >= 4 is 7.48 Å². The van der Waals surface area contributed by atoms with Crippen LogP contribution in [0.2, 0.25) is 0 Å². The summed E-state index contributed by atoms with van der Waals surface area (Å²) in [5.41, 5.74) is -0.516. The monoisotopic (exact) mass is 282 g/mol. The predicted octanol–water partition coefficient (Wildman–Crippen LogP) is 2.49. The van der Waals surface area contributed by atoms with E-state index in [4.69, 9.17) is 9.49 Å². The Hall–Kier alpha value is -0.355. The number of aliphatic hydroxyl groups is 1. The van der Waals surface area contributed by atoms with Gasteiger partial charge in [0.2, 0.25) is 0 Å². The zero-order valence-electron chi connectivity index (χ0n) is 14.0. The van der Waals surface area contributed by atoms with Gasteiger partial charge < -0.3 is 9.76 Å². The van der Waals surface area contributed by atoms with Crippen LogP contribution in [0.25, 0.3) is 0 Å². The number of hydrogen-bond acceptors (Lipinski definition) is 4. The van der Waals surface area contributed by atoms with Crippen LogP contribution in [0.3, 0.4) is 0 Å². The van der Waals surface area contributed by atoms with Crippen molar-refractivity contribution in [3.05, 3.63) is 11.5 Å². The standard InChI is InChI=1S/C15H29BNO3/c1-13(2,3)20-17-10-8-12(9-11-17)16-19-15(6,7)14(4,5)18/h8,18H,9-11H2,1-7H3. The molecule has 0 amide bonds. The molecule has 0 saturated heterocycles. The summed E-state index contributed by atoms with van der Waals surface area (Å²) in [6, 6.07) is 0. The van der Waals surface area contributed by atoms with Crippen LogP contribution in [0.5, 0.6) is 0 Å². The summed E-state index contributed by atoms with van der Waals surface area (Å²) in [7, 11) is 1.77. The van der Waals surface area contributed by atoms with Gasteiger partial charge in [-0.25, -0.2) is 0 Å². The summed E-state index contributed by atoms with van der Waals surface area (Å²) >= 11 is 0. The summed E-state index contributed by atoms with van der Waals surface area (Å²) in [6.45, 7) is 15.1. The van der Waals surface area contributed by atoms with Crippen molar-refractivity contribution in [2.24, 2.45) is 0 Å². The Bertz CT molecular complexity index is 353. The molecule has 0 aliphatic carbocycles. The predicted molar refractivity (Wildman–Crippen MR) is 82.3 cm³/mol. The number of nitrogens with zero attached hydrogens (tertiary/aromatic N) is 1. The second kappa shape index (κ2) is 6.18. The Morgan fingerprint density at radius 2 is 1.75 bits per heavy atom. The molecule has 0 saturated carbocycles.